The summed E-state index contributed by atoms with van der Waals surface area (Å²) < 4.78 is 23.9. The maximum Gasteiger partial charge on any atom is 0.178 e. The fourth-order valence-electron chi connectivity index (χ4n) is 1.28. The Balaban J connectivity index is 2.53. The molecule has 7 heteroatoms. The van der Waals surface area contributed by atoms with Gasteiger partial charge in [-0.05, 0) is 13.5 Å². The third-order valence-corrected chi connectivity index (χ3v) is 3.24. The van der Waals surface area contributed by atoms with Gasteiger partial charge >= 0.3 is 0 Å². The van der Waals surface area contributed by atoms with E-state index in [0.29, 0.717) is 19.5 Å². The van der Waals surface area contributed by atoms with Crippen molar-refractivity contribution >= 4 is 9.84 Å². The van der Waals surface area contributed by atoms with Crippen LogP contribution in [0.2, 0.25) is 0 Å². The summed E-state index contributed by atoms with van der Waals surface area (Å²) in [6.45, 7) is 1.01. The fraction of sp³-hybridized carbons (Fsp3) is 0.667. The molecule has 1 unspecified atom stereocenters. The molecule has 0 radical (unpaired) electrons. The molecule has 1 heterocycles. The maximum atomic E-state index is 11.2. The first-order valence-electron chi connectivity index (χ1n) is 4.98. The second-order valence-corrected chi connectivity index (χ2v) is 5.73. The predicted octanol–water partition coefficient (Wildman–Crippen LogP) is -0.743. The fourth-order valence-corrected chi connectivity index (χ4v) is 1.83. The summed E-state index contributed by atoms with van der Waals surface area (Å²) in [5.74, 6) is 0. The monoisotopic (exact) mass is 247 g/mol. The molecule has 6 nitrogen and oxygen atoms in total. The van der Waals surface area contributed by atoms with Gasteiger partial charge in [-0.3, -0.25) is 4.68 Å². The van der Waals surface area contributed by atoms with Crippen LogP contribution >= 0.6 is 0 Å². The molecule has 2 N–H and O–H groups in total. The topological polar surface area (TPSA) is 84.2 Å². The van der Waals surface area contributed by atoms with E-state index in [1.165, 1.54) is 17.1 Å². The Hall–Kier alpha value is -0.920. The zero-order valence-corrected chi connectivity index (χ0v) is 10.2. The Kier molecular flexibility index (Phi) is 4.45. The van der Waals surface area contributed by atoms with E-state index in [2.05, 4.69) is 10.4 Å². The molecule has 1 aromatic heterocycles. The number of hydrogen-bond donors (Lipinski definition) is 2. The Morgan fingerprint density at radius 2 is 2.31 bits per heavy atom. The van der Waals surface area contributed by atoms with Crippen molar-refractivity contribution in [1.82, 2.24) is 15.1 Å². The Morgan fingerprint density at radius 3 is 2.81 bits per heavy atom. The first kappa shape index (κ1) is 13.1. The van der Waals surface area contributed by atoms with Crippen LogP contribution in [0.5, 0.6) is 0 Å². The standard InChI is InChI=1S/C9H17N3O3S/c1-10-5-8(13)3-4-12-7-9(6-11-12)16(2,14)15/h6-8,10,13H,3-5H2,1-2H3. The Bertz CT molecular complexity index is 427. The van der Waals surface area contributed by atoms with Gasteiger partial charge in [-0.1, -0.05) is 0 Å². The van der Waals surface area contributed by atoms with E-state index in [1.54, 1.807) is 7.05 Å². The molecule has 16 heavy (non-hydrogen) atoms. The van der Waals surface area contributed by atoms with Gasteiger partial charge in [-0.2, -0.15) is 5.10 Å². The highest BCUT2D eigenvalue weighted by molar-refractivity contribution is 7.90. The summed E-state index contributed by atoms with van der Waals surface area (Å²) in [5.41, 5.74) is 0. The van der Waals surface area contributed by atoms with Crippen molar-refractivity contribution in [2.45, 2.75) is 24.0 Å². The molecule has 1 atom stereocenters. The molecular weight excluding hydrogens is 230 g/mol. The number of aliphatic hydroxyl groups is 1. The van der Waals surface area contributed by atoms with Gasteiger partial charge in [0, 0.05) is 25.5 Å². The molecule has 1 aromatic rings. The SMILES string of the molecule is CNCC(O)CCn1cc(S(C)(=O)=O)cn1. The first-order chi connectivity index (χ1) is 7.43. The zero-order chi connectivity index (χ0) is 12.2. The maximum absolute atomic E-state index is 11.2. The van der Waals surface area contributed by atoms with Crippen LogP contribution in [0.1, 0.15) is 6.42 Å². The third-order valence-electron chi connectivity index (χ3n) is 2.17. The molecule has 0 aliphatic heterocycles. The minimum Gasteiger partial charge on any atom is -0.392 e. The summed E-state index contributed by atoms with van der Waals surface area (Å²) in [6.07, 6.45) is 4.02. The number of hydrogen-bond acceptors (Lipinski definition) is 5. The second kappa shape index (κ2) is 5.42. The van der Waals surface area contributed by atoms with E-state index >= 15 is 0 Å². The van der Waals surface area contributed by atoms with E-state index in [-0.39, 0.29) is 4.90 Å². The van der Waals surface area contributed by atoms with Gasteiger partial charge in [0.25, 0.3) is 0 Å². The highest BCUT2D eigenvalue weighted by Crippen LogP contribution is 2.07. The number of sulfone groups is 1. The summed E-state index contributed by atoms with van der Waals surface area (Å²) in [4.78, 5) is 0.204. The lowest BCUT2D eigenvalue weighted by Gasteiger charge is -2.09. The van der Waals surface area contributed by atoms with Crippen molar-refractivity contribution < 1.29 is 13.5 Å². The number of aromatic nitrogens is 2. The predicted molar refractivity (Wildman–Crippen MR) is 59.9 cm³/mol. The van der Waals surface area contributed by atoms with E-state index in [4.69, 9.17) is 0 Å². The van der Waals surface area contributed by atoms with Crippen LogP contribution in [0.4, 0.5) is 0 Å². The smallest absolute Gasteiger partial charge is 0.178 e. The average Bonchev–Trinajstić information content (AvgIpc) is 2.63. The molecule has 92 valence electrons. The minimum absolute atomic E-state index is 0.204. The van der Waals surface area contributed by atoms with Gasteiger partial charge < -0.3 is 10.4 Å². The molecule has 0 amide bonds. The highest BCUT2D eigenvalue weighted by atomic mass is 32.2. The normalized spacial score (nSPS) is 13.9. The number of aliphatic hydroxyl groups excluding tert-OH is 1. The van der Waals surface area contributed by atoms with Crippen molar-refractivity contribution in [3.8, 4) is 0 Å². The van der Waals surface area contributed by atoms with Gasteiger partial charge in [0.05, 0.1) is 12.3 Å². The number of aryl methyl sites for hydroxylation is 1. The van der Waals surface area contributed by atoms with E-state index < -0.39 is 15.9 Å². The van der Waals surface area contributed by atoms with Gasteiger partial charge in [0.2, 0.25) is 0 Å². The third kappa shape index (κ3) is 3.92. The first-order valence-corrected chi connectivity index (χ1v) is 6.88. The molecule has 0 aromatic carbocycles. The Labute approximate surface area is 95.2 Å². The van der Waals surface area contributed by atoms with E-state index in [0.717, 1.165) is 6.26 Å². The lowest BCUT2D eigenvalue weighted by Crippen LogP contribution is -2.24. The largest absolute Gasteiger partial charge is 0.392 e. The number of nitrogens with one attached hydrogen (secondary N) is 1. The van der Waals surface area contributed by atoms with Crippen molar-refractivity contribution in [2.24, 2.45) is 0 Å². The lowest BCUT2D eigenvalue weighted by molar-refractivity contribution is 0.157. The van der Waals surface area contributed by atoms with Crippen LogP contribution < -0.4 is 5.32 Å². The Morgan fingerprint density at radius 1 is 1.62 bits per heavy atom. The summed E-state index contributed by atoms with van der Waals surface area (Å²) in [7, 11) is -1.43. The van der Waals surface area contributed by atoms with Crippen LogP contribution in [0.25, 0.3) is 0 Å². The van der Waals surface area contributed by atoms with Crippen LogP contribution in [0.3, 0.4) is 0 Å². The average molecular weight is 247 g/mol. The minimum atomic E-state index is -3.19. The van der Waals surface area contributed by atoms with Crippen LogP contribution in [-0.2, 0) is 16.4 Å². The second-order valence-electron chi connectivity index (χ2n) is 3.71. The highest BCUT2D eigenvalue weighted by Gasteiger charge is 2.10. The van der Waals surface area contributed by atoms with E-state index in [1.807, 2.05) is 0 Å². The molecule has 0 aliphatic carbocycles. The molecule has 0 bridgehead atoms. The summed E-state index contributed by atoms with van der Waals surface area (Å²) >= 11 is 0. The summed E-state index contributed by atoms with van der Waals surface area (Å²) in [5, 5.41) is 16.2. The van der Waals surface area contributed by atoms with Crippen molar-refractivity contribution in [1.29, 1.82) is 0 Å². The van der Waals surface area contributed by atoms with E-state index in [9.17, 15) is 13.5 Å². The van der Waals surface area contributed by atoms with Crippen molar-refractivity contribution in [2.75, 3.05) is 19.8 Å². The molecule has 0 spiro atoms. The molecule has 0 saturated carbocycles. The molecule has 0 fully saturated rings. The zero-order valence-electron chi connectivity index (χ0n) is 9.42. The number of nitrogens with zero attached hydrogens (tertiary/aromatic N) is 2. The molecular formula is C9H17N3O3S. The van der Waals surface area contributed by atoms with Gasteiger partial charge in [0.15, 0.2) is 9.84 Å². The van der Waals surface area contributed by atoms with Crippen molar-refractivity contribution in [3.63, 3.8) is 0 Å². The van der Waals surface area contributed by atoms with Crippen molar-refractivity contribution in [3.05, 3.63) is 12.4 Å². The van der Waals surface area contributed by atoms with Gasteiger partial charge in [-0.15, -0.1) is 0 Å². The van der Waals surface area contributed by atoms with Gasteiger partial charge in [-0.25, -0.2) is 8.42 Å². The lowest BCUT2D eigenvalue weighted by atomic mass is 10.2. The van der Waals surface area contributed by atoms with Gasteiger partial charge in [0.1, 0.15) is 4.90 Å². The molecule has 0 aliphatic rings. The summed E-state index contributed by atoms with van der Waals surface area (Å²) in [6, 6.07) is 0. The number of likely N-dealkylation sites (N-methyl/N-ethyl adjacent to an activating group) is 1. The molecule has 0 saturated heterocycles. The van der Waals surface area contributed by atoms with Crippen LogP contribution in [-0.4, -0.2) is 49.3 Å². The van der Waals surface area contributed by atoms with Crippen LogP contribution in [0.15, 0.2) is 17.3 Å². The molecule has 1 rings (SSSR count). The quantitative estimate of drug-likeness (QED) is 0.691. The number of rotatable bonds is 6. The van der Waals surface area contributed by atoms with Crippen LogP contribution in [0, 0.1) is 0 Å².